The van der Waals surface area contributed by atoms with E-state index in [1.807, 2.05) is 0 Å². The summed E-state index contributed by atoms with van der Waals surface area (Å²) in [5.74, 6) is 9.74. The first-order chi connectivity index (χ1) is 16.2. The van der Waals surface area contributed by atoms with Crippen molar-refractivity contribution in [3.05, 3.63) is 0 Å². The maximum Gasteiger partial charge on any atom is 0.317 e. The fraction of sp³-hybridized carbons (Fsp3) is 0.893. The van der Waals surface area contributed by atoms with Crippen molar-refractivity contribution in [3.63, 3.8) is 0 Å². The Morgan fingerprint density at radius 2 is 1.52 bits per heavy atom. The molecule has 0 aromatic carbocycles. The van der Waals surface area contributed by atoms with Crippen molar-refractivity contribution < 1.29 is 9.90 Å². The lowest BCUT2D eigenvalue weighted by Crippen LogP contribution is -2.71. The van der Waals surface area contributed by atoms with Crippen LogP contribution in [0, 0.1) is 35.5 Å². The third-order valence-electron chi connectivity index (χ3n) is 9.56. The maximum atomic E-state index is 13.0. The molecule has 5 nitrogen and oxygen atoms in total. The SMILES string of the molecule is O=C(NC1CCC1)N1CCCCN2[C@H](CO)[C@H](C3CCC(C#CC4CCCCC4)CC3)[C@@H]2C1. The number of aliphatic hydroxyl groups is 1. The average Bonchev–Trinajstić information content (AvgIpc) is 2.80. The van der Waals surface area contributed by atoms with Crippen molar-refractivity contribution in [1.82, 2.24) is 15.1 Å². The summed E-state index contributed by atoms with van der Waals surface area (Å²) in [4.78, 5) is 17.6. The lowest BCUT2D eigenvalue weighted by atomic mass is 9.65. The summed E-state index contributed by atoms with van der Waals surface area (Å²) in [6.07, 6.45) is 17.4. The van der Waals surface area contributed by atoms with Crippen molar-refractivity contribution in [2.45, 2.75) is 108 Å². The molecule has 5 rings (SSSR count). The zero-order valence-electron chi connectivity index (χ0n) is 20.5. The molecule has 2 heterocycles. The lowest BCUT2D eigenvalue weighted by Gasteiger charge is -2.60. The summed E-state index contributed by atoms with van der Waals surface area (Å²) in [7, 11) is 0. The number of hydrogen-bond acceptors (Lipinski definition) is 3. The highest BCUT2D eigenvalue weighted by Crippen LogP contribution is 2.45. The standard InChI is InChI=1S/C28H45N3O2/c32-20-26-27(23-15-13-22(14-16-23)12-11-21-7-2-1-3-8-21)25-19-30(17-4-5-18-31(25)26)28(33)29-24-9-6-10-24/h21-27,32H,1-10,13-20H2,(H,29,33)/t22?,23?,25-,26+,27+/m0/s1. The van der Waals surface area contributed by atoms with Crippen LogP contribution in [0.25, 0.3) is 0 Å². The molecule has 5 fully saturated rings. The molecule has 0 radical (unpaired) electrons. The van der Waals surface area contributed by atoms with Crippen LogP contribution in [0.5, 0.6) is 0 Å². The predicted octanol–water partition coefficient (Wildman–Crippen LogP) is 4.40. The quantitative estimate of drug-likeness (QED) is 0.621. The van der Waals surface area contributed by atoms with Crippen molar-refractivity contribution in [1.29, 1.82) is 0 Å². The van der Waals surface area contributed by atoms with Gasteiger partial charge in [-0.3, -0.25) is 4.90 Å². The first-order valence-electron chi connectivity index (χ1n) is 14.2. The van der Waals surface area contributed by atoms with E-state index in [0.717, 1.165) is 45.3 Å². The van der Waals surface area contributed by atoms with Crippen LogP contribution in [0.15, 0.2) is 0 Å². The van der Waals surface area contributed by atoms with Crippen LogP contribution >= 0.6 is 0 Å². The van der Waals surface area contributed by atoms with E-state index in [9.17, 15) is 9.90 Å². The van der Waals surface area contributed by atoms with Gasteiger partial charge in [0.2, 0.25) is 0 Å². The fourth-order valence-electron chi connectivity index (χ4n) is 7.30. The van der Waals surface area contributed by atoms with Gasteiger partial charge in [0.15, 0.2) is 0 Å². The van der Waals surface area contributed by atoms with Crippen LogP contribution in [0.2, 0.25) is 0 Å². The van der Waals surface area contributed by atoms with E-state index < -0.39 is 0 Å². The van der Waals surface area contributed by atoms with Crippen molar-refractivity contribution in [2.75, 3.05) is 26.2 Å². The van der Waals surface area contributed by atoms with Gasteiger partial charge >= 0.3 is 6.03 Å². The van der Waals surface area contributed by atoms with E-state index in [1.54, 1.807) is 0 Å². The predicted molar refractivity (Wildman–Crippen MR) is 132 cm³/mol. The normalized spacial score (nSPS) is 36.3. The number of nitrogens with zero attached hydrogens (tertiary/aromatic N) is 2. The molecule has 184 valence electrons. The number of amides is 2. The van der Waals surface area contributed by atoms with E-state index in [4.69, 9.17) is 0 Å². The Labute approximate surface area is 201 Å². The molecule has 2 amide bonds. The number of carbonyl (C=O) groups is 1. The Balaban J connectivity index is 1.18. The van der Waals surface area contributed by atoms with E-state index in [2.05, 4.69) is 27.0 Å². The smallest absolute Gasteiger partial charge is 0.317 e. The second kappa shape index (κ2) is 11.0. The van der Waals surface area contributed by atoms with Crippen molar-refractivity contribution >= 4 is 6.03 Å². The first kappa shape index (κ1) is 23.5. The summed E-state index contributed by atoms with van der Waals surface area (Å²) in [6.45, 7) is 3.05. The van der Waals surface area contributed by atoms with Gasteiger partial charge in [-0.05, 0) is 89.0 Å². The van der Waals surface area contributed by atoms with Gasteiger partial charge in [0, 0.05) is 43.1 Å². The van der Waals surface area contributed by atoms with Gasteiger partial charge in [-0.15, -0.1) is 0 Å². The molecule has 2 aliphatic heterocycles. The number of nitrogens with one attached hydrogen (secondary N) is 1. The van der Waals surface area contributed by atoms with E-state index in [0.29, 0.717) is 41.8 Å². The van der Waals surface area contributed by atoms with Crippen LogP contribution in [0.1, 0.15) is 89.9 Å². The van der Waals surface area contributed by atoms with Gasteiger partial charge in [0.05, 0.1) is 6.61 Å². The summed E-state index contributed by atoms with van der Waals surface area (Å²) in [6, 6.07) is 1.25. The molecular weight excluding hydrogens is 410 g/mol. The van der Waals surface area contributed by atoms with Crippen LogP contribution in [-0.4, -0.2) is 65.3 Å². The van der Waals surface area contributed by atoms with Gasteiger partial charge in [0.25, 0.3) is 0 Å². The Morgan fingerprint density at radius 1 is 0.818 bits per heavy atom. The zero-order chi connectivity index (χ0) is 22.6. The summed E-state index contributed by atoms with van der Waals surface area (Å²) < 4.78 is 0. The Hall–Kier alpha value is -1.25. The van der Waals surface area contributed by atoms with Crippen molar-refractivity contribution in [3.8, 4) is 11.8 Å². The summed E-state index contributed by atoms with van der Waals surface area (Å²) in [5.41, 5.74) is 0. The lowest BCUT2D eigenvalue weighted by molar-refractivity contribution is -0.123. The molecule has 3 saturated carbocycles. The van der Waals surface area contributed by atoms with Gasteiger partial charge < -0.3 is 15.3 Å². The molecule has 0 aromatic rings. The largest absolute Gasteiger partial charge is 0.395 e. The first-order valence-corrected chi connectivity index (χ1v) is 14.2. The van der Waals surface area contributed by atoms with Gasteiger partial charge in [-0.1, -0.05) is 31.1 Å². The van der Waals surface area contributed by atoms with Crippen LogP contribution in [0.3, 0.4) is 0 Å². The molecule has 0 spiro atoms. The summed E-state index contributed by atoms with van der Waals surface area (Å²) in [5, 5.41) is 13.5. The molecule has 3 aliphatic carbocycles. The molecule has 2 saturated heterocycles. The third kappa shape index (κ3) is 5.38. The summed E-state index contributed by atoms with van der Waals surface area (Å²) >= 11 is 0. The van der Waals surface area contributed by atoms with Gasteiger partial charge in [-0.25, -0.2) is 4.79 Å². The minimum atomic E-state index is 0.148. The second-order valence-electron chi connectivity index (χ2n) is 11.6. The number of fused-ring (bicyclic) bond motifs is 1. The molecule has 3 atom stereocenters. The van der Waals surface area contributed by atoms with Gasteiger partial charge in [-0.2, -0.15) is 0 Å². The molecule has 33 heavy (non-hydrogen) atoms. The monoisotopic (exact) mass is 455 g/mol. The molecule has 5 aliphatic rings. The zero-order valence-corrected chi connectivity index (χ0v) is 20.5. The van der Waals surface area contributed by atoms with Crippen molar-refractivity contribution in [2.24, 2.45) is 23.7 Å². The maximum absolute atomic E-state index is 13.0. The molecular formula is C28H45N3O2. The second-order valence-corrected chi connectivity index (χ2v) is 11.6. The van der Waals surface area contributed by atoms with Gasteiger partial charge in [0.1, 0.15) is 0 Å². The topological polar surface area (TPSA) is 55.8 Å². The Kier molecular flexibility index (Phi) is 7.83. The van der Waals surface area contributed by atoms with E-state index in [-0.39, 0.29) is 12.6 Å². The number of carbonyl (C=O) groups excluding carboxylic acids is 1. The Morgan fingerprint density at radius 3 is 2.18 bits per heavy atom. The highest BCUT2D eigenvalue weighted by molar-refractivity contribution is 5.74. The number of rotatable bonds is 3. The fourth-order valence-corrected chi connectivity index (χ4v) is 7.30. The highest BCUT2D eigenvalue weighted by atomic mass is 16.3. The molecule has 0 unspecified atom stereocenters. The van der Waals surface area contributed by atoms with Crippen LogP contribution in [0.4, 0.5) is 4.79 Å². The van der Waals surface area contributed by atoms with Crippen LogP contribution in [-0.2, 0) is 0 Å². The molecule has 5 heteroatoms. The van der Waals surface area contributed by atoms with E-state index in [1.165, 1.54) is 64.2 Å². The Bertz CT molecular complexity index is 712. The molecule has 0 aromatic heterocycles. The number of aliphatic hydroxyl groups excluding tert-OH is 1. The minimum Gasteiger partial charge on any atom is -0.395 e. The average molecular weight is 456 g/mol. The van der Waals surface area contributed by atoms with Crippen LogP contribution < -0.4 is 5.32 Å². The molecule has 2 N–H and O–H groups in total. The minimum absolute atomic E-state index is 0.148. The molecule has 0 bridgehead atoms. The van der Waals surface area contributed by atoms with E-state index >= 15 is 0 Å². The number of hydrogen-bond donors (Lipinski definition) is 2. The number of urea groups is 1. The third-order valence-corrected chi connectivity index (χ3v) is 9.56. The highest BCUT2D eigenvalue weighted by Gasteiger charge is 2.52.